The van der Waals surface area contributed by atoms with Gasteiger partial charge in [0.25, 0.3) is 0 Å². The van der Waals surface area contributed by atoms with Gasteiger partial charge in [-0.3, -0.25) is 4.90 Å². The molecule has 116 valence electrons. The van der Waals surface area contributed by atoms with Crippen LogP contribution >= 0.6 is 0 Å². The van der Waals surface area contributed by atoms with Crippen LogP contribution in [0.2, 0.25) is 0 Å². The molecule has 0 spiro atoms. The summed E-state index contributed by atoms with van der Waals surface area (Å²) in [6, 6.07) is 15.7. The van der Waals surface area contributed by atoms with Crippen molar-refractivity contribution in [2.24, 2.45) is 0 Å². The summed E-state index contributed by atoms with van der Waals surface area (Å²) >= 11 is 0. The maximum atomic E-state index is 13.1. The molecule has 1 fully saturated rings. The van der Waals surface area contributed by atoms with Crippen LogP contribution in [-0.2, 0) is 6.54 Å². The van der Waals surface area contributed by atoms with Crippen molar-refractivity contribution >= 4 is 0 Å². The molecule has 0 aliphatic carbocycles. The number of likely N-dealkylation sites (tertiary alicyclic amines) is 1. The van der Waals surface area contributed by atoms with Gasteiger partial charge in [-0.1, -0.05) is 24.3 Å². The minimum Gasteiger partial charge on any atom is -0.494 e. The van der Waals surface area contributed by atoms with Crippen LogP contribution in [0.5, 0.6) is 5.75 Å². The van der Waals surface area contributed by atoms with Crippen LogP contribution in [0.4, 0.5) is 4.39 Å². The third-order valence-electron chi connectivity index (χ3n) is 4.24. The highest BCUT2D eigenvalue weighted by atomic mass is 19.1. The molecule has 22 heavy (non-hydrogen) atoms. The standard InChI is InChI=1S/C19H22FNO/c1-2-22-18-11-5-15(6-12-18)14-21-13-3-4-19(21)16-7-9-17(20)10-8-16/h5-12,19H,2-4,13-14H2,1H3. The Bertz CT molecular complexity index is 594. The second kappa shape index (κ2) is 6.93. The lowest BCUT2D eigenvalue weighted by atomic mass is 10.0. The second-order valence-electron chi connectivity index (χ2n) is 5.76. The maximum absolute atomic E-state index is 13.1. The number of hydrogen-bond donors (Lipinski definition) is 0. The van der Waals surface area contributed by atoms with Gasteiger partial charge in [0.2, 0.25) is 0 Å². The number of halogens is 1. The Morgan fingerprint density at radius 3 is 2.50 bits per heavy atom. The molecule has 0 N–H and O–H groups in total. The van der Waals surface area contributed by atoms with E-state index in [1.807, 2.05) is 31.2 Å². The molecule has 1 heterocycles. The summed E-state index contributed by atoms with van der Waals surface area (Å²) in [5.74, 6) is 0.752. The molecule has 0 amide bonds. The van der Waals surface area contributed by atoms with E-state index in [1.54, 1.807) is 12.1 Å². The van der Waals surface area contributed by atoms with E-state index in [-0.39, 0.29) is 5.82 Å². The topological polar surface area (TPSA) is 12.5 Å². The Kier molecular flexibility index (Phi) is 4.74. The SMILES string of the molecule is CCOc1ccc(CN2CCCC2c2ccc(F)cc2)cc1. The highest BCUT2D eigenvalue weighted by Gasteiger charge is 2.25. The molecule has 0 bridgehead atoms. The average molecular weight is 299 g/mol. The van der Waals surface area contributed by atoms with Gasteiger partial charge in [-0.2, -0.15) is 0 Å². The van der Waals surface area contributed by atoms with Crippen molar-refractivity contribution in [3.63, 3.8) is 0 Å². The largest absolute Gasteiger partial charge is 0.494 e. The molecule has 0 radical (unpaired) electrons. The van der Waals surface area contributed by atoms with Gasteiger partial charge >= 0.3 is 0 Å². The highest BCUT2D eigenvalue weighted by Crippen LogP contribution is 2.33. The zero-order valence-corrected chi connectivity index (χ0v) is 13.0. The maximum Gasteiger partial charge on any atom is 0.123 e. The second-order valence-corrected chi connectivity index (χ2v) is 5.76. The first kappa shape index (κ1) is 15.0. The minimum atomic E-state index is -0.167. The van der Waals surface area contributed by atoms with E-state index in [0.29, 0.717) is 12.6 Å². The molecule has 3 rings (SSSR count). The lowest BCUT2D eigenvalue weighted by molar-refractivity contribution is 0.248. The fourth-order valence-corrected chi connectivity index (χ4v) is 3.17. The Balaban J connectivity index is 1.69. The Hall–Kier alpha value is -1.87. The van der Waals surface area contributed by atoms with Crippen molar-refractivity contribution in [2.75, 3.05) is 13.2 Å². The molecular weight excluding hydrogens is 277 g/mol. The predicted molar refractivity (Wildman–Crippen MR) is 86.4 cm³/mol. The Morgan fingerprint density at radius 2 is 1.82 bits per heavy atom. The summed E-state index contributed by atoms with van der Waals surface area (Å²) in [6.45, 7) is 4.70. The van der Waals surface area contributed by atoms with Crippen molar-refractivity contribution in [3.05, 3.63) is 65.5 Å². The molecule has 1 aliphatic heterocycles. The fourth-order valence-electron chi connectivity index (χ4n) is 3.17. The van der Waals surface area contributed by atoms with E-state index in [2.05, 4.69) is 17.0 Å². The predicted octanol–water partition coefficient (Wildman–Crippen LogP) is 4.56. The van der Waals surface area contributed by atoms with Crippen molar-refractivity contribution in [1.82, 2.24) is 4.90 Å². The zero-order valence-electron chi connectivity index (χ0n) is 13.0. The van der Waals surface area contributed by atoms with Crippen LogP contribution in [0.25, 0.3) is 0 Å². The summed E-state index contributed by atoms with van der Waals surface area (Å²) in [6.07, 6.45) is 2.34. The number of hydrogen-bond acceptors (Lipinski definition) is 2. The highest BCUT2D eigenvalue weighted by molar-refractivity contribution is 5.28. The number of ether oxygens (including phenoxy) is 1. The van der Waals surface area contributed by atoms with E-state index in [1.165, 1.54) is 17.5 Å². The minimum absolute atomic E-state index is 0.167. The van der Waals surface area contributed by atoms with Crippen molar-refractivity contribution < 1.29 is 9.13 Å². The lowest BCUT2D eigenvalue weighted by Gasteiger charge is -2.25. The van der Waals surface area contributed by atoms with E-state index in [4.69, 9.17) is 4.74 Å². The van der Waals surface area contributed by atoms with Gasteiger partial charge in [0, 0.05) is 12.6 Å². The molecule has 3 heteroatoms. The zero-order chi connectivity index (χ0) is 15.4. The number of benzene rings is 2. The van der Waals surface area contributed by atoms with Gasteiger partial charge in [-0.15, -0.1) is 0 Å². The van der Waals surface area contributed by atoms with Gasteiger partial charge in [0.1, 0.15) is 11.6 Å². The van der Waals surface area contributed by atoms with E-state index in [0.717, 1.165) is 25.3 Å². The molecule has 0 aromatic heterocycles. The quantitative estimate of drug-likeness (QED) is 0.802. The van der Waals surface area contributed by atoms with Crippen LogP contribution in [-0.4, -0.2) is 18.1 Å². The number of rotatable bonds is 5. The third-order valence-corrected chi connectivity index (χ3v) is 4.24. The molecule has 2 aromatic rings. The molecule has 2 nitrogen and oxygen atoms in total. The van der Waals surface area contributed by atoms with Crippen LogP contribution in [0, 0.1) is 5.82 Å². The summed E-state index contributed by atoms with van der Waals surface area (Å²) in [4.78, 5) is 2.48. The third kappa shape index (κ3) is 3.47. The van der Waals surface area contributed by atoms with Crippen molar-refractivity contribution in [1.29, 1.82) is 0 Å². The first-order valence-corrected chi connectivity index (χ1v) is 7.97. The monoisotopic (exact) mass is 299 g/mol. The summed E-state index contributed by atoms with van der Waals surface area (Å²) in [7, 11) is 0. The lowest BCUT2D eigenvalue weighted by Crippen LogP contribution is -2.22. The first-order valence-electron chi connectivity index (χ1n) is 7.97. The van der Waals surface area contributed by atoms with Crippen LogP contribution in [0.3, 0.4) is 0 Å². The van der Waals surface area contributed by atoms with E-state index in [9.17, 15) is 4.39 Å². The van der Waals surface area contributed by atoms with E-state index < -0.39 is 0 Å². The molecule has 1 saturated heterocycles. The average Bonchev–Trinajstić information content (AvgIpc) is 2.98. The fraction of sp³-hybridized carbons (Fsp3) is 0.368. The molecule has 1 aliphatic rings. The first-order chi connectivity index (χ1) is 10.8. The summed E-state index contributed by atoms with van der Waals surface area (Å²) in [5, 5.41) is 0. The van der Waals surface area contributed by atoms with Gasteiger partial charge in [0.05, 0.1) is 6.61 Å². The molecule has 0 saturated carbocycles. The van der Waals surface area contributed by atoms with Crippen LogP contribution < -0.4 is 4.74 Å². The van der Waals surface area contributed by atoms with Crippen LogP contribution in [0.15, 0.2) is 48.5 Å². The van der Waals surface area contributed by atoms with Gasteiger partial charge in [-0.25, -0.2) is 4.39 Å². The molecule has 1 unspecified atom stereocenters. The van der Waals surface area contributed by atoms with Crippen molar-refractivity contribution in [2.45, 2.75) is 32.4 Å². The van der Waals surface area contributed by atoms with Gasteiger partial charge in [-0.05, 0) is 61.7 Å². The number of nitrogens with zero attached hydrogens (tertiary/aromatic N) is 1. The van der Waals surface area contributed by atoms with Gasteiger partial charge < -0.3 is 4.74 Å². The molecule has 1 atom stereocenters. The summed E-state index contributed by atoms with van der Waals surface area (Å²) < 4.78 is 18.6. The smallest absolute Gasteiger partial charge is 0.123 e. The van der Waals surface area contributed by atoms with Gasteiger partial charge in [0.15, 0.2) is 0 Å². The molecular formula is C19H22FNO. The normalized spacial score (nSPS) is 18.5. The Labute approximate surface area is 131 Å². The van der Waals surface area contributed by atoms with E-state index >= 15 is 0 Å². The van der Waals surface area contributed by atoms with Crippen LogP contribution in [0.1, 0.15) is 36.9 Å². The Morgan fingerprint density at radius 1 is 1.09 bits per heavy atom. The summed E-state index contributed by atoms with van der Waals surface area (Å²) in [5.41, 5.74) is 2.50. The molecule has 2 aromatic carbocycles. The van der Waals surface area contributed by atoms with Crippen molar-refractivity contribution in [3.8, 4) is 5.75 Å².